The van der Waals surface area contributed by atoms with Gasteiger partial charge in [-0.25, -0.2) is 0 Å². The Hall–Kier alpha value is -3.60. The number of anilines is 1. The molecule has 0 saturated carbocycles. The molecule has 5 heteroatoms. The van der Waals surface area contributed by atoms with Crippen LogP contribution in [0.1, 0.15) is 23.0 Å². The summed E-state index contributed by atoms with van der Waals surface area (Å²) in [6, 6.07) is 17.3. The molecule has 0 atom stereocenters. The molecule has 0 aliphatic heterocycles. The van der Waals surface area contributed by atoms with E-state index >= 15 is 0 Å². The first kappa shape index (κ1) is 15.9. The SMILES string of the molecule is CC(=O)Nc1c(C(=O)c2ccc(O)cc2)oc2ccc3ccccc3c12. The van der Waals surface area contributed by atoms with Crippen LogP contribution in [0.3, 0.4) is 0 Å². The lowest BCUT2D eigenvalue weighted by molar-refractivity contribution is -0.114. The zero-order valence-electron chi connectivity index (χ0n) is 13.9. The summed E-state index contributed by atoms with van der Waals surface area (Å²) in [4.78, 5) is 24.7. The fourth-order valence-corrected chi connectivity index (χ4v) is 3.07. The van der Waals surface area contributed by atoms with Crippen LogP contribution in [-0.2, 0) is 4.79 Å². The smallest absolute Gasteiger partial charge is 0.230 e. The highest BCUT2D eigenvalue weighted by atomic mass is 16.3. The second kappa shape index (κ2) is 6.04. The molecule has 0 fully saturated rings. The molecule has 2 N–H and O–H groups in total. The first-order chi connectivity index (χ1) is 12.5. The molecule has 1 heterocycles. The van der Waals surface area contributed by atoms with E-state index in [1.165, 1.54) is 31.2 Å². The topological polar surface area (TPSA) is 79.5 Å². The third-order valence-corrected chi connectivity index (χ3v) is 4.22. The highest BCUT2D eigenvalue weighted by Gasteiger charge is 2.24. The van der Waals surface area contributed by atoms with Gasteiger partial charge in [-0.15, -0.1) is 0 Å². The normalized spacial score (nSPS) is 11.0. The summed E-state index contributed by atoms with van der Waals surface area (Å²) in [5.41, 5.74) is 1.25. The van der Waals surface area contributed by atoms with Gasteiger partial charge >= 0.3 is 0 Å². The van der Waals surface area contributed by atoms with E-state index in [1.54, 1.807) is 6.07 Å². The third kappa shape index (κ3) is 2.59. The quantitative estimate of drug-likeness (QED) is 0.537. The molecule has 0 aliphatic carbocycles. The maximum absolute atomic E-state index is 12.9. The summed E-state index contributed by atoms with van der Waals surface area (Å²) >= 11 is 0. The van der Waals surface area contributed by atoms with E-state index in [9.17, 15) is 14.7 Å². The number of phenolic OH excluding ortho intramolecular Hbond substituents is 1. The molecule has 128 valence electrons. The fraction of sp³-hybridized carbons (Fsp3) is 0.0476. The maximum Gasteiger partial charge on any atom is 0.230 e. The van der Waals surface area contributed by atoms with Crippen LogP contribution >= 0.6 is 0 Å². The Morgan fingerprint density at radius 2 is 1.69 bits per heavy atom. The van der Waals surface area contributed by atoms with Crippen LogP contribution in [0.4, 0.5) is 5.69 Å². The molecule has 0 saturated heterocycles. The average molecular weight is 345 g/mol. The molecule has 26 heavy (non-hydrogen) atoms. The maximum atomic E-state index is 12.9. The molecule has 0 bridgehead atoms. The predicted molar refractivity (Wildman–Crippen MR) is 99.6 cm³/mol. The number of aromatic hydroxyl groups is 1. The minimum absolute atomic E-state index is 0.0669. The number of hydrogen-bond donors (Lipinski definition) is 2. The van der Waals surface area contributed by atoms with E-state index in [0.29, 0.717) is 22.2 Å². The third-order valence-electron chi connectivity index (χ3n) is 4.22. The number of rotatable bonds is 3. The zero-order chi connectivity index (χ0) is 18.3. The van der Waals surface area contributed by atoms with E-state index in [-0.39, 0.29) is 23.2 Å². The first-order valence-corrected chi connectivity index (χ1v) is 8.10. The number of carbonyl (C=O) groups excluding carboxylic acids is 2. The van der Waals surface area contributed by atoms with Gasteiger partial charge in [-0.05, 0) is 41.1 Å². The Labute approximate surface area is 148 Å². The predicted octanol–water partition coefficient (Wildman–Crippen LogP) is 4.48. The summed E-state index contributed by atoms with van der Waals surface area (Å²) in [5.74, 6) is -0.522. The van der Waals surface area contributed by atoms with Crippen molar-refractivity contribution in [1.82, 2.24) is 0 Å². The van der Waals surface area contributed by atoms with Gasteiger partial charge in [0.05, 0.1) is 11.1 Å². The van der Waals surface area contributed by atoms with Crippen LogP contribution in [0.25, 0.3) is 21.7 Å². The Morgan fingerprint density at radius 1 is 0.962 bits per heavy atom. The molecule has 3 aromatic carbocycles. The lowest BCUT2D eigenvalue weighted by Gasteiger charge is -2.05. The number of furan rings is 1. The van der Waals surface area contributed by atoms with Crippen LogP contribution in [0.15, 0.2) is 65.1 Å². The average Bonchev–Trinajstić information content (AvgIpc) is 3.00. The first-order valence-electron chi connectivity index (χ1n) is 8.10. The standard InChI is InChI=1S/C21H15NO4/c1-12(23)22-19-18-16-5-3-2-4-13(16)8-11-17(18)26-21(19)20(25)14-6-9-15(24)10-7-14/h2-11,24H,1H3,(H,22,23). The minimum atomic E-state index is -0.367. The van der Waals surface area contributed by atoms with Gasteiger partial charge in [0.15, 0.2) is 5.76 Å². The summed E-state index contributed by atoms with van der Waals surface area (Å²) in [7, 11) is 0. The Morgan fingerprint density at radius 3 is 2.42 bits per heavy atom. The van der Waals surface area contributed by atoms with Crippen LogP contribution < -0.4 is 5.32 Å². The van der Waals surface area contributed by atoms with Gasteiger partial charge < -0.3 is 14.8 Å². The van der Waals surface area contributed by atoms with E-state index in [1.807, 2.05) is 30.3 Å². The lowest BCUT2D eigenvalue weighted by Crippen LogP contribution is -2.10. The van der Waals surface area contributed by atoms with Crippen molar-refractivity contribution >= 4 is 39.1 Å². The summed E-state index contributed by atoms with van der Waals surface area (Å²) in [6.07, 6.45) is 0. The van der Waals surface area contributed by atoms with Crippen molar-refractivity contribution in [3.8, 4) is 5.75 Å². The Balaban J connectivity index is 1.99. The molecular weight excluding hydrogens is 330 g/mol. The molecule has 4 aromatic rings. The van der Waals surface area contributed by atoms with E-state index in [2.05, 4.69) is 5.32 Å². The van der Waals surface area contributed by atoms with Gasteiger partial charge in [0.25, 0.3) is 0 Å². The van der Waals surface area contributed by atoms with Crippen molar-refractivity contribution in [2.24, 2.45) is 0 Å². The summed E-state index contributed by atoms with van der Waals surface area (Å²) in [5, 5.41) is 14.7. The van der Waals surface area contributed by atoms with Crippen LogP contribution in [0.5, 0.6) is 5.75 Å². The molecule has 0 unspecified atom stereocenters. The van der Waals surface area contributed by atoms with Crippen molar-refractivity contribution < 1.29 is 19.1 Å². The lowest BCUT2D eigenvalue weighted by atomic mass is 10.0. The van der Waals surface area contributed by atoms with Crippen molar-refractivity contribution in [3.05, 3.63) is 72.0 Å². The number of ketones is 1. The van der Waals surface area contributed by atoms with E-state index in [0.717, 1.165) is 10.8 Å². The second-order valence-corrected chi connectivity index (χ2v) is 6.02. The van der Waals surface area contributed by atoms with Crippen LogP contribution in [0, 0.1) is 0 Å². The van der Waals surface area contributed by atoms with Gasteiger partial charge in [-0.3, -0.25) is 9.59 Å². The highest BCUT2D eigenvalue weighted by Crippen LogP contribution is 2.37. The number of amides is 1. The monoisotopic (exact) mass is 345 g/mol. The Bertz CT molecular complexity index is 1160. The van der Waals surface area contributed by atoms with Crippen LogP contribution in [0.2, 0.25) is 0 Å². The van der Waals surface area contributed by atoms with E-state index < -0.39 is 0 Å². The minimum Gasteiger partial charge on any atom is -0.508 e. The molecular formula is C21H15NO4. The molecule has 1 amide bonds. The van der Waals surface area contributed by atoms with Crippen molar-refractivity contribution in [2.75, 3.05) is 5.32 Å². The van der Waals surface area contributed by atoms with Crippen molar-refractivity contribution in [2.45, 2.75) is 6.92 Å². The van der Waals surface area contributed by atoms with Gasteiger partial charge in [-0.1, -0.05) is 30.3 Å². The number of nitrogens with one attached hydrogen (secondary N) is 1. The largest absolute Gasteiger partial charge is 0.508 e. The van der Waals surface area contributed by atoms with Crippen molar-refractivity contribution in [3.63, 3.8) is 0 Å². The molecule has 0 aliphatic rings. The molecule has 5 nitrogen and oxygen atoms in total. The Kier molecular flexibility index (Phi) is 3.69. The highest BCUT2D eigenvalue weighted by molar-refractivity contribution is 6.22. The van der Waals surface area contributed by atoms with Gasteiger partial charge in [0.2, 0.25) is 11.7 Å². The molecule has 4 rings (SSSR count). The molecule has 0 spiro atoms. The number of carbonyl (C=O) groups is 2. The fourth-order valence-electron chi connectivity index (χ4n) is 3.07. The second-order valence-electron chi connectivity index (χ2n) is 6.02. The zero-order valence-corrected chi connectivity index (χ0v) is 13.9. The molecule has 1 aromatic heterocycles. The van der Waals surface area contributed by atoms with E-state index in [4.69, 9.17) is 4.42 Å². The van der Waals surface area contributed by atoms with Crippen LogP contribution in [-0.4, -0.2) is 16.8 Å². The van der Waals surface area contributed by atoms with Gasteiger partial charge in [0, 0.05) is 12.5 Å². The number of fused-ring (bicyclic) bond motifs is 3. The summed E-state index contributed by atoms with van der Waals surface area (Å²) < 4.78 is 5.83. The number of benzene rings is 3. The van der Waals surface area contributed by atoms with Crippen molar-refractivity contribution in [1.29, 1.82) is 0 Å². The van der Waals surface area contributed by atoms with Gasteiger partial charge in [-0.2, -0.15) is 0 Å². The number of phenols is 1. The molecule has 0 radical (unpaired) electrons. The van der Waals surface area contributed by atoms with Gasteiger partial charge in [0.1, 0.15) is 11.3 Å². The number of hydrogen-bond acceptors (Lipinski definition) is 4. The summed E-state index contributed by atoms with van der Waals surface area (Å²) in [6.45, 7) is 1.39.